The van der Waals surface area contributed by atoms with Gasteiger partial charge in [-0.2, -0.15) is 0 Å². The lowest BCUT2D eigenvalue weighted by atomic mass is 10.00. The maximum atomic E-state index is 13.1. The van der Waals surface area contributed by atoms with Crippen LogP contribution in [0.2, 0.25) is 0 Å². The number of amides is 1. The molecule has 142 valence electrons. The Balaban J connectivity index is 0.00000210. The Kier molecular flexibility index (Phi) is 6.14. The molecule has 5 nitrogen and oxygen atoms in total. The van der Waals surface area contributed by atoms with Crippen LogP contribution < -0.4 is 5.32 Å². The van der Waals surface area contributed by atoms with Crippen molar-refractivity contribution >= 4 is 29.3 Å². The number of H-pyrrole nitrogens is 1. The van der Waals surface area contributed by atoms with Crippen molar-refractivity contribution in [1.29, 1.82) is 0 Å². The second-order valence-electron chi connectivity index (χ2n) is 6.79. The van der Waals surface area contributed by atoms with E-state index in [2.05, 4.69) is 46.5 Å². The molecular formula is C21H25ClN4O. The van der Waals surface area contributed by atoms with Gasteiger partial charge in [-0.15, -0.1) is 12.4 Å². The van der Waals surface area contributed by atoms with Crippen molar-refractivity contribution in [3.8, 4) is 0 Å². The van der Waals surface area contributed by atoms with Gasteiger partial charge in [-0.1, -0.05) is 31.2 Å². The van der Waals surface area contributed by atoms with E-state index in [0.29, 0.717) is 6.42 Å². The summed E-state index contributed by atoms with van der Waals surface area (Å²) in [7, 11) is 0. The molecule has 1 aliphatic heterocycles. The minimum absolute atomic E-state index is 0. The summed E-state index contributed by atoms with van der Waals surface area (Å²) in [6.45, 7) is 4.53. The van der Waals surface area contributed by atoms with Gasteiger partial charge in [0.2, 0.25) is 5.91 Å². The van der Waals surface area contributed by atoms with Gasteiger partial charge < -0.3 is 15.2 Å². The van der Waals surface area contributed by atoms with Gasteiger partial charge in [0.25, 0.3) is 0 Å². The lowest BCUT2D eigenvalue weighted by Gasteiger charge is -2.36. The Bertz CT molecular complexity index is 906. The smallest absolute Gasteiger partial charge is 0.227 e. The lowest BCUT2D eigenvalue weighted by Crippen LogP contribution is -2.49. The molecule has 1 amide bonds. The predicted octanol–water partition coefficient (Wildman–Crippen LogP) is 3.26. The monoisotopic (exact) mass is 384 g/mol. The molecule has 1 fully saturated rings. The van der Waals surface area contributed by atoms with Gasteiger partial charge in [0, 0.05) is 37.4 Å². The lowest BCUT2D eigenvalue weighted by molar-refractivity contribution is -0.133. The van der Waals surface area contributed by atoms with Crippen LogP contribution in [0.3, 0.4) is 0 Å². The van der Waals surface area contributed by atoms with Crippen molar-refractivity contribution < 1.29 is 4.79 Å². The number of rotatable bonds is 4. The normalized spacial score (nSPS) is 16.9. The van der Waals surface area contributed by atoms with Gasteiger partial charge in [0.05, 0.1) is 12.5 Å². The number of piperazine rings is 1. The summed E-state index contributed by atoms with van der Waals surface area (Å²) in [6, 6.07) is 12.7. The number of carbonyl (C=O) groups excluding carboxylic acids is 1. The predicted molar refractivity (Wildman–Crippen MR) is 110 cm³/mol. The fourth-order valence-electron chi connectivity index (χ4n) is 3.70. The molecule has 1 aromatic carbocycles. The van der Waals surface area contributed by atoms with E-state index in [0.717, 1.165) is 42.7 Å². The van der Waals surface area contributed by atoms with Gasteiger partial charge in [0.1, 0.15) is 5.65 Å². The highest BCUT2D eigenvalue weighted by Crippen LogP contribution is 2.25. The Morgan fingerprint density at radius 1 is 1.26 bits per heavy atom. The van der Waals surface area contributed by atoms with E-state index in [4.69, 9.17) is 0 Å². The Hall–Kier alpha value is -2.37. The summed E-state index contributed by atoms with van der Waals surface area (Å²) in [5, 5.41) is 4.45. The van der Waals surface area contributed by atoms with E-state index in [1.807, 2.05) is 23.2 Å². The van der Waals surface area contributed by atoms with Gasteiger partial charge >= 0.3 is 0 Å². The molecule has 0 spiro atoms. The zero-order chi connectivity index (χ0) is 17.9. The number of pyridine rings is 1. The van der Waals surface area contributed by atoms with E-state index in [1.165, 1.54) is 11.1 Å². The Morgan fingerprint density at radius 2 is 2.07 bits per heavy atom. The molecule has 0 aliphatic carbocycles. The number of halogens is 1. The highest BCUT2D eigenvalue weighted by molar-refractivity contribution is 5.87. The van der Waals surface area contributed by atoms with E-state index in [-0.39, 0.29) is 24.4 Å². The van der Waals surface area contributed by atoms with Crippen molar-refractivity contribution in [2.45, 2.75) is 25.8 Å². The van der Waals surface area contributed by atoms with Crippen LogP contribution >= 0.6 is 12.4 Å². The van der Waals surface area contributed by atoms with E-state index < -0.39 is 0 Å². The maximum absolute atomic E-state index is 13.1. The van der Waals surface area contributed by atoms with Crippen molar-refractivity contribution in [3.63, 3.8) is 0 Å². The maximum Gasteiger partial charge on any atom is 0.227 e. The number of carbonyl (C=O) groups is 1. The largest absolute Gasteiger partial charge is 0.346 e. The second kappa shape index (κ2) is 8.55. The molecule has 2 aromatic heterocycles. The van der Waals surface area contributed by atoms with Gasteiger partial charge in [-0.25, -0.2) is 4.98 Å². The van der Waals surface area contributed by atoms with Gasteiger partial charge in [0.15, 0.2) is 0 Å². The number of hydrogen-bond acceptors (Lipinski definition) is 3. The molecule has 1 atom stereocenters. The molecule has 27 heavy (non-hydrogen) atoms. The SMILES string of the molecule is CCc1ccc(C2CNCCN2C(=O)Cc2c[nH]c3ncccc23)cc1.Cl. The summed E-state index contributed by atoms with van der Waals surface area (Å²) in [5.74, 6) is 0.167. The van der Waals surface area contributed by atoms with Gasteiger partial charge in [-0.3, -0.25) is 4.79 Å². The van der Waals surface area contributed by atoms with Crippen LogP contribution in [0, 0.1) is 0 Å². The van der Waals surface area contributed by atoms with E-state index in [1.54, 1.807) is 6.20 Å². The first kappa shape index (κ1) is 19.4. The number of aromatic nitrogens is 2. The average molecular weight is 385 g/mol. The molecule has 0 saturated carbocycles. The molecule has 0 radical (unpaired) electrons. The Labute approximate surface area is 165 Å². The topological polar surface area (TPSA) is 61.0 Å². The van der Waals surface area contributed by atoms with Crippen LogP contribution in [0.4, 0.5) is 0 Å². The first-order chi connectivity index (χ1) is 12.8. The highest BCUT2D eigenvalue weighted by Gasteiger charge is 2.28. The number of benzene rings is 1. The van der Waals surface area contributed by atoms with Crippen molar-refractivity contribution in [2.75, 3.05) is 19.6 Å². The molecule has 6 heteroatoms. The molecule has 3 heterocycles. The number of nitrogens with zero attached hydrogens (tertiary/aromatic N) is 2. The van der Waals surface area contributed by atoms with Crippen LogP contribution in [0.1, 0.15) is 29.7 Å². The van der Waals surface area contributed by atoms with E-state index >= 15 is 0 Å². The fourth-order valence-corrected chi connectivity index (χ4v) is 3.70. The van der Waals surface area contributed by atoms with E-state index in [9.17, 15) is 4.79 Å². The van der Waals surface area contributed by atoms with Crippen molar-refractivity contribution in [3.05, 3.63) is 65.5 Å². The summed E-state index contributed by atoms with van der Waals surface area (Å²) in [5.41, 5.74) is 4.36. The molecule has 0 bridgehead atoms. The zero-order valence-corrected chi connectivity index (χ0v) is 16.3. The number of aryl methyl sites for hydroxylation is 1. The quantitative estimate of drug-likeness (QED) is 0.725. The number of aromatic amines is 1. The van der Waals surface area contributed by atoms with Crippen LogP contribution in [0.15, 0.2) is 48.8 Å². The third-order valence-electron chi connectivity index (χ3n) is 5.21. The minimum atomic E-state index is 0. The Morgan fingerprint density at radius 3 is 2.85 bits per heavy atom. The molecule has 3 aromatic rings. The first-order valence-electron chi connectivity index (χ1n) is 9.26. The number of fused-ring (bicyclic) bond motifs is 1. The molecular weight excluding hydrogens is 360 g/mol. The first-order valence-corrected chi connectivity index (χ1v) is 9.26. The molecule has 1 unspecified atom stereocenters. The van der Waals surface area contributed by atoms with Crippen molar-refractivity contribution in [2.24, 2.45) is 0 Å². The van der Waals surface area contributed by atoms with Crippen LogP contribution in [0.25, 0.3) is 11.0 Å². The van der Waals surface area contributed by atoms with Crippen LogP contribution in [-0.2, 0) is 17.6 Å². The standard InChI is InChI=1S/C21H24N4O.ClH/c1-2-15-5-7-16(8-6-15)19-14-22-10-11-25(19)20(26)12-17-13-24-21-18(17)4-3-9-23-21;/h3-9,13,19,22H,2,10-12,14H2,1H3,(H,23,24);1H. The molecule has 1 saturated heterocycles. The minimum Gasteiger partial charge on any atom is -0.346 e. The average Bonchev–Trinajstić information content (AvgIpc) is 3.11. The summed E-state index contributed by atoms with van der Waals surface area (Å²) >= 11 is 0. The van der Waals surface area contributed by atoms with Crippen LogP contribution in [-0.4, -0.2) is 40.4 Å². The number of nitrogens with one attached hydrogen (secondary N) is 2. The third kappa shape index (κ3) is 3.99. The number of hydrogen-bond donors (Lipinski definition) is 2. The highest BCUT2D eigenvalue weighted by atomic mass is 35.5. The molecule has 4 rings (SSSR count). The summed E-state index contributed by atoms with van der Waals surface area (Å²) < 4.78 is 0. The fraction of sp³-hybridized carbons (Fsp3) is 0.333. The van der Waals surface area contributed by atoms with Crippen molar-refractivity contribution in [1.82, 2.24) is 20.2 Å². The second-order valence-corrected chi connectivity index (χ2v) is 6.79. The summed E-state index contributed by atoms with van der Waals surface area (Å²) in [4.78, 5) is 22.6. The third-order valence-corrected chi connectivity index (χ3v) is 5.21. The van der Waals surface area contributed by atoms with Gasteiger partial charge in [-0.05, 0) is 35.2 Å². The van der Waals surface area contributed by atoms with Crippen LogP contribution in [0.5, 0.6) is 0 Å². The summed E-state index contributed by atoms with van der Waals surface area (Å²) in [6.07, 6.45) is 5.09. The molecule has 1 aliphatic rings. The molecule has 2 N–H and O–H groups in total. The zero-order valence-electron chi connectivity index (χ0n) is 15.4.